The number of carbonyl (C=O) groups excluding carboxylic acids is 1. The molecule has 0 spiro atoms. The van der Waals surface area contributed by atoms with Crippen LogP contribution in [0.2, 0.25) is 5.02 Å². The molecular formula is C15H19ClN4O. The Hall–Kier alpha value is -1.85. The van der Waals surface area contributed by atoms with Gasteiger partial charge in [0.2, 0.25) is 5.91 Å². The standard InChI is InChI=1S/C15H19ClN4O/c1-3-15(17,4-2)14(21)19-12-8-5-7-11(16)13(12)20-10-6-9-18-20/h5-10H,3-4,17H2,1-2H3,(H,19,21). The van der Waals surface area contributed by atoms with E-state index in [0.29, 0.717) is 29.2 Å². The van der Waals surface area contributed by atoms with Gasteiger partial charge in [0.25, 0.3) is 0 Å². The summed E-state index contributed by atoms with van der Waals surface area (Å²) in [6.45, 7) is 3.80. The van der Waals surface area contributed by atoms with E-state index in [1.54, 1.807) is 41.3 Å². The molecule has 1 amide bonds. The molecule has 2 rings (SSSR count). The molecule has 0 saturated heterocycles. The van der Waals surface area contributed by atoms with E-state index in [1.807, 2.05) is 13.8 Å². The molecule has 0 aliphatic rings. The summed E-state index contributed by atoms with van der Waals surface area (Å²) in [6, 6.07) is 7.11. The number of hydrogen-bond donors (Lipinski definition) is 2. The second-order valence-electron chi connectivity index (χ2n) is 4.90. The number of para-hydroxylation sites is 1. The average molecular weight is 307 g/mol. The smallest absolute Gasteiger partial charge is 0.244 e. The van der Waals surface area contributed by atoms with Crippen LogP contribution in [0.15, 0.2) is 36.7 Å². The molecular weight excluding hydrogens is 288 g/mol. The van der Waals surface area contributed by atoms with E-state index in [0.717, 1.165) is 0 Å². The average Bonchev–Trinajstić information content (AvgIpc) is 3.00. The van der Waals surface area contributed by atoms with Gasteiger partial charge in [0.15, 0.2) is 0 Å². The summed E-state index contributed by atoms with van der Waals surface area (Å²) in [6.07, 6.45) is 4.55. The summed E-state index contributed by atoms with van der Waals surface area (Å²) in [5.74, 6) is -0.219. The fraction of sp³-hybridized carbons (Fsp3) is 0.333. The topological polar surface area (TPSA) is 72.9 Å². The molecule has 0 aliphatic heterocycles. The Kier molecular flexibility index (Phi) is 4.65. The zero-order valence-corrected chi connectivity index (χ0v) is 12.9. The number of amides is 1. The summed E-state index contributed by atoms with van der Waals surface area (Å²) < 4.78 is 1.62. The summed E-state index contributed by atoms with van der Waals surface area (Å²) >= 11 is 6.24. The van der Waals surface area contributed by atoms with Crippen molar-refractivity contribution in [1.29, 1.82) is 0 Å². The lowest BCUT2D eigenvalue weighted by Gasteiger charge is -2.26. The van der Waals surface area contributed by atoms with Gasteiger partial charge in [-0.3, -0.25) is 4.79 Å². The number of hydrogen-bond acceptors (Lipinski definition) is 3. The van der Waals surface area contributed by atoms with Crippen LogP contribution in [0.25, 0.3) is 5.69 Å². The van der Waals surface area contributed by atoms with Gasteiger partial charge in [-0.1, -0.05) is 31.5 Å². The molecule has 0 bridgehead atoms. The van der Waals surface area contributed by atoms with Crippen molar-refractivity contribution in [2.75, 3.05) is 5.32 Å². The lowest BCUT2D eigenvalue weighted by molar-refractivity contribution is -0.121. The number of rotatable bonds is 5. The van der Waals surface area contributed by atoms with Crippen LogP contribution in [0.5, 0.6) is 0 Å². The highest BCUT2D eigenvalue weighted by Crippen LogP contribution is 2.29. The normalized spacial score (nSPS) is 11.4. The molecule has 0 unspecified atom stereocenters. The Balaban J connectivity index is 2.38. The van der Waals surface area contributed by atoms with Crippen molar-refractivity contribution in [3.63, 3.8) is 0 Å². The zero-order valence-electron chi connectivity index (χ0n) is 12.1. The predicted molar refractivity (Wildman–Crippen MR) is 84.7 cm³/mol. The van der Waals surface area contributed by atoms with Gasteiger partial charge < -0.3 is 11.1 Å². The van der Waals surface area contributed by atoms with Crippen LogP contribution in [0.4, 0.5) is 5.69 Å². The Labute approximate surface area is 129 Å². The molecule has 0 aliphatic carbocycles. The van der Waals surface area contributed by atoms with Crippen LogP contribution in [0.3, 0.4) is 0 Å². The molecule has 0 fully saturated rings. The Morgan fingerprint density at radius 3 is 2.67 bits per heavy atom. The van der Waals surface area contributed by atoms with Gasteiger partial charge in [0.1, 0.15) is 5.69 Å². The highest BCUT2D eigenvalue weighted by Gasteiger charge is 2.30. The summed E-state index contributed by atoms with van der Waals surface area (Å²) in [5, 5.41) is 7.55. The number of halogens is 1. The van der Waals surface area contributed by atoms with Crippen molar-refractivity contribution >= 4 is 23.2 Å². The lowest BCUT2D eigenvalue weighted by atomic mass is 9.93. The number of carbonyl (C=O) groups is 1. The molecule has 3 N–H and O–H groups in total. The van der Waals surface area contributed by atoms with Gasteiger partial charge in [-0.2, -0.15) is 5.10 Å². The molecule has 112 valence electrons. The minimum absolute atomic E-state index is 0.219. The first kappa shape index (κ1) is 15.5. The van der Waals surface area contributed by atoms with Gasteiger partial charge in [-0.25, -0.2) is 4.68 Å². The van der Waals surface area contributed by atoms with E-state index >= 15 is 0 Å². The third-order valence-electron chi connectivity index (χ3n) is 3.68. The summed E-state index contributed by atoms with van der Waals surface area (Å²) in [7, 11) is 0. The Bertz CT molecular complexity index is 621. The first-order valence-corrected chi connectivity index (χ1v) is 7.28. The molecule has 1 aromatic heterocycles. The number of nitrogens with zero attached hydrogens (tertiary/aromatic N) is 2. The lowest BCUT2D eigenvalue weighted by Crippen LogP contribution is -2.50. The van der Waals surface area contributed by atoms with E-state index in [1.165, 1.54) is 0 Å². The van der Waals surface area contributed by atoms with E-state index in [-0.39, 0.29) is 5.91 Å². The SMILES string of the molecule is CCC(N)(CC)C(=O)Nc1cccc(Cl)c1-n1cccn1. The highest BCUT2D eigenvalue weighted by molar-refractivity contribution is 6.33. The Morgan fingerprint density at radius 2 is 2.10 bits per heavy atom. The quantitative estimate of drug-likeness (QED) is 0.892. The van der Waals surface area contributed by atoms with Gasteiger partial charge >= 0.3 is 0 Å². The van der Waals surface area contributed by atoms with E-state index < -0.39 is 5.54 Å². The summed E-state index contributed by atoms with van der Waals surface area (Å²) in [4.78, 5) is 12.4. The van der Waals surface area contributed by atoms with Crippen LogP contribution in [0.1, 0.15) is 26.7 Å². The van der Waals surface area contributed by atoms with E-state index in [2.05, 4.69) is 10.4 Å². The number of benzene rings is 1. The van der Waals surface area contributed by atoms with Gasteiger partial charge in [-0.05, 0) is 31.0 Å². The van der Waals surface area contributed by atoms with Crippen molar-refractivity contribution in [1.82, 2.24) is 9.78 Å². The maximum absolute atomic E-state index is 12.4. The maximum atomic E-state index is 12.4. The molecule has 0 atom stereocenters. The second kappa shape index (κ2) is 6.28. The first-order chi connectivity index (χ1) is 10.0. The molecule has 1 heterocycles. The first-order valence-electron chi connectivity index (χ1n) is 6.90. The molecule has 1 aromatic carbocycles. The van der Waals surface area contributed by atoms with Gasteiger partial charge in [0, 0.05) is 12.4 Å². The molecule has 6 heteroatoms. The largest absolute Gasteiger partial charge is 0.323 e. The van der Waals surface area contributed by atoms with Crippen LogP contribution in [-0.4, -0.2) is 21.2 Å². The summed E-state index contributed by atoms with van der Waals surface area (Å²) in [5.41, 5.74) is 6.46. The van der Waals surface area contributed by atoms with Gasteiger partial charge in [0.05, 0.1) is 16.2 Å². The Morgan fingerprint density at radius 1 is 1.38 bits per heavy atom. The maximum Gasteiger partial charge on any atom is 0.244 e. The van der Waals surface area contributed by atoms with Crippen LogP contribution in [-0.2, 0) is 4.79 Å². The van der Waals surface area contributed by atoms with Crippen molar-refractivity contribution in [3.05, 3.63) is 41.7 Å². The molecule has 2 aromatic rings. The molecule has 0 saturated carbocycles. The third-order valence-corrected chi connectivity index (χ3v) is 3.99. The van der Waals surface area contributed by atoms with Gasteiger partial charge in [-0.15, -0.1) is 0 Å². The van der Waals surface area contributed by atoms with E-state index in [4.69, 9.17) is 17.3 Å². The minimum atomic E-state index is -0.885. The number of nitrogens with one attached hydrogen (secondary N) is 1. The fourth-order valence-corrected chi connectivity index (χ4v) is 2.33. The zero-order chi connectivity index (χ0) is 15.5. The van der Waals surface area contributed by atoms with Crippen LogP contribution < -0.4 is 11.1 Å². The minimum Gasteiger partial charge on any atom is -0.323 e. The molecule has 0 radical (unpaired) electrons. The monoisotopic (exact) mass is 306 g/mol. The fourth-order valence-electron chi connectivity index (χ4n) is 2.07. The third kappa shape index (κ3) is 3.09. The van der Waals surface area contributed by atoms with E-state index in [9.17, 15) is 4.79 Å². The van der Waals surface area contributed by atoms with Crippen molar-refractivity contribution in [2.24, 2.45) is 5.73 Å². The van der Waals surface area contributed by atoms with Crippen molar-refractivity contribution in [2.45, 2.75) is 32.2 Å². The van der Waals surface area contributed by atoms with Crippen LogP contribution >= 0.6 is 11.6 Å². The number of nitrogens with two attached hydrogens (primary N) is 1. The van der Waals surface area contributed by atoms with Crippen molar-refractivity contribution < 1.29 is 4.79 Å². The highest BCUT2D eigenvalue weighted by atomic mass is 35.5. The van der Waals surface area contributed by atoms with Crippen LogP contribution in [0, 0.1) is 0 Å². The second-order valence-corrected chi connectivity index (χ2v) is 5.31. The molecule has 21 heavy (non-hydrogen) atoms. The molecule has 5 nitrogen and oxygen atoms in total. The predicted octanol–water partition coefficient (Wildman–Crippen LogP) is 2.98. The van der Waals surface area contributed by atoms with Crippen molar-refractivity contribution in [3.8, 4) is 5.69 Å². The number of aromatic nitrogens is 2. The number of anilines is 1.